The molecular weight excluding hydrogens is 1160 g/mol. The molecule has 0 aliphatic carbocycles. The van der Waals surface area contributed by atoms with Crippen molar-refractivity contribution in [2.45, 2.75) is 51.9 Å². The van der Waals surface area contributed by atoms with Crippen LogP contribution in [-0.4, -0.2) is 96.8 Å². The van der Waals surface area contributed by atoms with Crippen molar-refractivity contribution in [1.82, 2.24) is 19.9 Å². The average Bonchev–Trinajstić information content (AvgIpc) is 4.35. The van der Waals surface area contributed by atoms with Crippen molar-refractivity contribution in [3.05, 3.63) is 145 Å². The zero-order valence-electron chi connectivity index (χ0n) is 45.1. The second kappa shape index (κ2) is 26.1. The van der Waals surface area contributed by atoms with E-state index in [0.717, 1.165) is 63.3 Å². The molecule has 2 aliphatic rings. The van der Waals surface area contributed by atoms with Crippen LogP contribution in [0.1, 0.15) is 48.5 Å². The second-order valence-electron chi connectivity index (χ2n) is 19.4. The van der Waals surface area contributed by atoms with Gasteiger partial charge in [-0.2, -0.15) is 25.3 Å². The molecule has 0 saturated heterocycles. The first kappa shape index (κ1) is 60.5. The van der Waals surface area contributed by atoms with Gasteiger partial charge in [0.25, 0.3) is 30.4 Å². The Morgan fingerprint density at radius 2 is 0.654 bits per heavy atom. The number of rotatable bonds is 24. The van der Waals surface area contributed by atoms with Gasteiger partial charge >= 0.3 is 17.1 Å². The van der Waals surface area contributed by atoms with E-state index in [1.165, 1.54) is 6.26 Å². The van der Waals surface area contributed by atoms with Crippen LogP contribution < -0.4 is 28.2 Å². The summed E-state index contributed by atoms with van der Waals surface area (Å²) in [4.78, 5) is 21.7. The van der Waals surface area contributed by atoms with E-state index in [4.69, 9.17) is 36.7 Å². The van der Waals surface area contributed by atoms with Crippen LogP contribution in [-0.2, 0) is 100 Å². The van der Waals surface area contributed by atoms with Gasteiger partial charge in [0, 0.05) is 78.5 Å². The molecule has 81 heavy (non-hydrogen) atoms. The van der Waals surface area contributed by atoms with Crippen LogP contribution in [0.5, 0.6) is 0 Å². The summed E-state index contributed by atoms with van der Waals surface area (Å²) in [6, 6.07) is 23.6. The molecule has 24 heteroatoms. The minimum atomic E-state index is -3.61. The quantitative estimate of drug-likeness (QED) is 0.0240. The van der Waals surface area contributed by atoms with Gasteiger partial charge < -0.3 is 9.97 Å². The largest absolute Gasteiger partial charge is 2.00 e. The van der Waals surface area contributed by atoms with Crippen LogP contribution in [0.3, 0.4) is 0 Å². The fourth-order valence-corrected chi connectivity index (χ4v) is 11.1. The van der Waals surface area contributed by atoms with Crippen LogP contribution in [0.25, 0.3) is 90.9 Å². The molecule has 0 amide bonds. The molecule has 1 atom stereocenters. The Morgan fingerprint density at radius 3 is 0.889 bits per heavy atom. The number of hydrogen-bond donors (Lipinski definition) is 0. The molecule has 0 N–H and O–H groups in total. The van der Waals surface area contributed by atoms with Crippen molar-refractivity contribution in [3.8, 4) is 44.5 Å². The summed E-state index contributed by atoms with van der Waals surface area (Å²) in [5, 5.41) is 0. The molecule has 0 spiro atoms. The third-order valence-electron chi connectivity index (χ3n) is 12.7. The first-order chi connectivity index (χ1) is 38.1. The molecule has 423 valence electrons. The topological polar surface area (TPSA) is 226 Å². The van der Waals surface area contributed by atoms with E-state index in [-0.39, 0.29) is 43.5 Å². The predicted octanol–water partition coefficient (Wildman–Crippen LogP) is 5.50. The fraction of sp³-hybridized carbons (Fsp3) is 0.281. The predicted molar refractivity (Wildman–Crippen MR) is 307 cm³/mol. The Hall–Kier alpha value is -6.57. The summed E-state index contributed by atoms with van der Waals surface area (Å²) in [6.07, 6.45) is 30.0. The Balaban J connectivity index is 0.00000860. The average molecular weight is 1220 g/mol. The van der Waals surface area contributed by atoms with E-state index < -0.39 is 40.2 Å². The third-order valence-corrected chi connectivity index (χ3v) is 15.1. The Bertz CT molecular complexity index is 3660. The zero-order chi connectivity index (χ0) is 56.7. The van der Waals surface area contributed by atoms with Crippen molar-refractivity contribution in [2.24, 2.45) is 0 Å². The maximum absolute atomic E-state index is 12.2. The number of aryl methyl sites for hydroxylation is 4. The minimum absolute atomic E-state index is 0. The van der Waals surface area contributed by atoms with Crippen molar-refractivity contribution < 1.29 is 81.5 Å². The zero-order valence-corrected chi connectivity index (χ0v) is 49.6. The summed E-state index contributed by atoms with van der Waals surface area (Å²) in [5.41, 5.74) is 11.2. The summed E-state index contributed by atoms with van der Waals surface area (Å²) >= 11 is 0. The molecule has 0 aromatic carbocycles. The summed E-state index contributed by atoms with van der Waals surface area (Å²) in [6.45, 7) is 2.27. The van der Waals surface area contributed by atoms with E-state index in [9.17, 15) is 29.5 Å². The smallest absolute Gasteiger partial charge is 0.657 e. The van der Waals surface area contributed by atoms with Crippen molar-refractivity contribution in [1.29, 1.82) is 0 Å². The van der Waals surface area contributed by atoms with Gasteiger partial charge in [-0.15, -0.1) is 22.1 Å². The third kappa shape index (κ3) is 16.8. The summed E-state index contributed by atoms with van der Waals surface area (Å²) in [5.74, 6) is 3.62. The Morgan fingerprint density at radius 1 is 0.407 bits per heavy atom. The normalized spacial score (nSPS) is 13.3. The fourth-order valence-electron chi connectivity index (χ4n) is 9.36. The molecule has 7 aromatic rings. The van der Waals surface area contributed by atoms with Gasteiger partial charge in [0.1, 0.15) is 0 Å². The molecule has 8 bridgehead atoms. The van der Waals surface area contributed by atoms with Crippen LogP contribution >= 0.6 is 0 Å². The van der Waals surface area contributed by atoms with Gasteiger partial charge in [0.15, 0.2) is 75.8 Å². The van der Waals surface area contributed by atoms with Crippen molar-refractivity contribution in [2.75, 3.05) is 51.5 Å². The maximum Gasteiger partial charge on any atom is 2.00 e. The van der Waals surface area contributed by atoms with Gasteiger partial charge in [-0.05, 0) is 76.7 Å². The minimum Gasteiger partial charge on any atom is -0.657 e. The van der Waals surface area contributed by atoms with E-state index in [1.807, 2.05) is 165 Å². The number of hydrogen-bond acceptors (Lipinski definition) is 13. The first-order valence-electron chi connectivity index (χ1n) is 25.6. The summed E-state index contributed by atoms with van der Waals surface area (Å²) < 4.78 is 111. The standard InChI is InChI=1S/C57H62N8O11S4.Mn/c1-77(2,66)73-34-10-30-62-26-6-14-42(38-62)54-46-18-20-48(58-46)55(43-15-7-27-63(39-43)31-11-35-74-78(3,67)68)50-22-24-52(60-50)57(45-17-9-29-65(41-45)33-13-37-76-80(5,71)72)53-25-23-51(61-53)56(49-21-19-47(54)59-49)44-16-8-28-64(40-44)32-12-36-75-79(4,69)70;/h6-9,14-29,38-41H,1,10-13,30-37H2,2-5H3;/q2*+2. The van der Waals surface area contributed by atoms with Crippen LogP contribution in [0.4, 0.5) is 0 Å². The monoisotopic (exact) mass is 1220 g/mol. The molecule has 9 rings (SSSR count). The van der Waals surface area contributed by atoms with Gasteiger partial charge in [-0.1, -0.05) is 24.3 Å². The maximum atomic E-state index is 12.2. The second-order valence-corrected chi connectivity index (χ2v) is 26.4. The molecule has 1 radical (unpaired) electrons. The summed E-state index contributed by atoms with van der Waals surface area (Å²) in [7, 11) is -13.5. The molecular formula is C57H62MnN8O11S4+4. The Kier molecular flexibility index (Phi) is 19.5. The molecule has 2 aliphatic heterocycles. The van der Waals surface area contributed by atoms with Gasteiger partial charge in [-0.25, -0.2) is 32.4 Å². The van der Waals surface area contributed by atoms with E-state index >= 15 is 0 Å². The van der Waals surface area contributed by atoms with E-state index in [2.05, 4.69) is 5.87 Å². The first-order valence-corrected chi connectivity index (χ1v) is 33.2. The van der Waals surface area contributed by atoms with Crippen molar-refractivity contribution in [3.63, 3.8) is 0 Å². The number of nitrogens with zero attached hydrogens (tertiary/aromatic N) is 8. The molecule has 9 heterocycles. The van der Waals surface area contributed by atoms with Gasteiger partial charge in [0.05, 0.1) is 77.8 Å². The Labute approximate surface area is 483 Å². The SMILES string of the molecule is C=S(C)(=O)OCCC[n+]1cccc(-c2c3nc(c(-c4ccc[n+](CCCOS(C)(=O)=O)c4)c4ccc([n-]4)c(-c4ccc[n+](CCCOS(C)(=O)=O)c4)c4nc(c(-c5ccc[n+](CCCOS(C)(=O)=O)c5)c5ccc2[n-]5)C=C4)C=C3)c1.[Mn+2]. The van der Waals surface area contributed by atoms with Crippen molar-refractivity contribution >= 4 is 92.4 Å². The van der Waals surface area contributed by atoms with Crippen LogP contribution in [0.15, 0.2) is 122 Å². The van der Waals surface area contributed by atoms with Crippen LogP contribution in [0.2, 0.25) is 0 Å². The van der Waals surface area contributed by atoms with Gasteiger partial charge in [0.2, 0.25) is 0 Å². The molecule has 19 nitrogen and oxygen atoms in total. The number of aromatic nitrogens is 8. The molecule has 1 unspecified atom stereocenters. The van der Waals surface area contributed by atoms with E-state index in [1.54, 1.807) is 0 Å². The molecule has 0 fully saturated rings. The molecule has 0 saturated carbocycles. The van der Waals surface area contributed by atoms with Gasteiger partial charge in [-0.3, -0.25) is 16.7 Å². The van der Waals surface area contributed by atoms with Crippen LogP contribution in [0, 0.1) is 0 Å². The number of pyridine rings is 4. The number of fused-ring (bicyclic) bond motifs is 8. The van der Waals surface area contributed by atoms with E-state index in [0.29, 0.717) is 96.7 Å². The molecule has 7 aromatic heterocycles.